The Labute approximate surface area is 99.8 Å². The average Bonchev–Trinajstić information content (AvgIpc) is 2.04. The van der Waals surface area contributed by atoms with Crippen molar-refractivity contribution in [1.29, 1.82) is 0 Å². The zero-order valence-electron chi connectivity index (χ0n) is 8.40. The largest absolute Gasteiger partial charge is 0.323 e. The number of pyridine rings is 1. The fourth-order valence-corrected chi connectivity index (χ4v) is 1.47. The van der Waals surface area contributed by atoms with Crippen LogP contribution in [-0.4, -0.2) is 4.98 Å². The van der Waals surface area contributed by atoms with Gasteiger partial charge in [-0.3, -0.25) is 4.98 Å². The topological polar surface area (TPSA) is 38.9 Å². The van der Waals surface area contributed by atoms with Crippen molar-refractivity contribution in [2.24, 2.45) is 11.7 Å². The van der Waals surface area contributed by atoms with E-state index in [0.29, 0.717) is 5.92 Å². The standard InChI is InChI=1S/C10H15BrN2.ClH/c1-7(2)5-9(12)10-4-3-8(11)6-13-10;/h3-4,6-7,9H,5,12H2,1-2H3;1H/t9-;/m1./s1. The van der Waals surface area contributed by atoms with Crippen LogP contribution < -0.4 is 5.73 Å². The number of hydrogen-bond donors (Lipinski definition) is 1. The normalized spacial score (nSPS) is 12.4. The summed E-state index contributed by atoms with van der Waals surface area (Å²) in [5.74, 6) is 0.612. The van der Waals surface area contributed by atoms with Crippen molar-refractivity contribution in [2.75, 3.05) is 0 Å². The molecule has 1 atom stereocenters. The SMILES string of the molecule is CC(C)C[C@@H](N)c1ccc(Br)cn1.Cl. The van der Waals surface area contributed by atoms with Gasteiger partial charge in [0.1, 0.15) is 0 Å². The quantitative estimate of drug-likeness (QED) is 0.922. The van der Waals surface area contributed by atoms with Gasteiger partial charge in [0.25, 0.3) is 0 Å². The number of hydrogen-bond acceptors (Lipinski definition) is 2. The number of aromatic nitrogens is 1. The number of rotatable bonds is 3. The van der Waals surface area contributed by atoms with Gasteiger partial charge >= 0.3 is 0 Å². The molecule has 0 unspecified atom stereocenters. The average molecular weight is 280 g/mol. The van der Waals surface area contributed by atoms with E-state index in [1.807, 2.05) is 12.1 Å². The highest BCUT2D eigenvalue weighted by Crippen LogP contribution is 2.18. The molecule has 0 aliphatic carbocycles. The van der Waals surface area contributed by atoms with Crippen LogP contribution in [0.3, 0.4) is 0 Å². The molecule has 0 radical (unpaired) electrons. The molecule has 0 saturated carbocycles. The summed E-state index contributed by atoms with van der Waals surface area (Å²) in [6, 6.07) is 4.01. The summed E-state index contributed by atoms with van der Waals surface area (Å²) in [5, 5.41) is 0. The van der Waals surface area contributed by atoms with Gasteiger partial charge in [0.05, 0.1) is 5.69 Å². The minimum absolute atomic E-state index is 0. The van der Waals surface area contributed by atoms with Crippen molar-refractivity contribution in [1.82, 2.24) is 4.98 Å². The van der Waals surface area contributed by atoms with E-state index in [9.17, 15) is 0 Å². The van der Waals surface area contributed by atoms with Gasteiger partial charge in [0.2, 0.25) is 0 Å². The lowest BCUT2D eigenvalue weighted by atomic mass is 10.0. The van der Waals surface area contributed by atoms with Gasteiger partial charge < -0.3 is 5.73 Å². The highest BCUT2D eigenvalue weighted by molar-refractivity contribution is 9.10. The van der Waals surface area contributed by atoms with E-state index < -0.39 is 0 Å². The molecule has 1 aromatic heterocycles. The molecular weight excluding hydrogens is 263 g/mol. The van der Waals surface area contributed by atoms with E-state index in [-0.39, 0.29) is 18.4 Å². The van der Waals surface area contributed by atoms with Crippen LogP contribution in [0.4, 0.5) is 0 Å². The minimum Gasteiger partial charge on any atom is -0.323 e. The van der Waals surface area contributed by atoms with Gasteiger partial charge in [0, 0.05) is 16.7 Å². The van der Waals surface area contributed by atoms with Gasteiger partial charge in [0.15, 0.2) is 0 Å². The van der Waals surface area contributed by atoms with Gasteiger partial charge in [-0.2, -0.15) is 0 Å². The summed E-state index contributed by atoms with van der Waals surface area (Å²) >= 11 is 3.34. The number of nitrogens with zero attached hydrogens (tertiary/aromatic N) is 1. The molecule has 0 amide bonds. The van der Waals surface area contributed by atoms with E-state index in [0.717, 1.165) is 16.6 Å². The first kappa shape index (κ1) is 13.9. The molecule has 0 fully saturated rings. The number of halogens is 2. The molecule has 0 bridgehead atoms. The second kappa shape index (κ2) is 6.38. The van der Waals surface area contributed by atoms with Crippen molar-refractivity contribution in [3.63, 3.8) is 0 Å². The molecule has 0 saturated heterocycles. The van der Waals surface area contributed by atoms with Crippen LogP contribution >= 0.6 is 28.3 Å². The van der Waals surface area contributed by atoms with Crippen LogP contribution in [0.25, 0.3) is 0 Å². The van der Waals surface area contributed by atoms with E-state index in [1.165, 1.54) is 0 Å². The highest BCUT2D eigenvalue weighted by Gasteiger charge is 2.08. The fraction of sp³-hybridized carbons (Fsp3) is 0.500. The Bertz CT molecular complexity index is 261. The maximum Gasteiger partial charge on any atom is 0.0571 e. The van der Waals surface area contributed by atoms with Crippen LogP contribution in [0.15, 0.2) is 22.8 Å². The molecule has 1 aromatic rings. The molecule has 2 nitrogen and oxygen atoms in total. The molecule has 14 heavy (non-hydrogen) atoms. The zero-order chi connectivity index (χ0) is 9.84. The highest BCUT2D eigenvalue weighted by atomic mass is 79.9. The van der Waals surface area contributed by atoms with Crippen molar-refractivity contribution in [3.8, 4) is 0 Å². The van der Waals surface area contributed by atoms with E-state index in [1.54, 1.807) is 6.20 Å². The van der Waals surface area contributed by atoms with Crippen LogP contribution in [0.2, 0.25) is 0 Å². The molecule has 2 N–H and O–H groups in total. The minimum atomic E-state index is 0. The van der Waals surface area contributed by atoms with E-state index in [4.69, 9.17) is 5.73 Å². The molecule has 1 heterocycles. The van der Waals surface area contributed by atoms with E-state index in [2.05, 4.69) is 34.8 Å². The summed E-state index contributed by atoms with van der Waals surface area (Å²) in [7, 11) is 0. The van der Waals surface area contributed by atoms with Crippen LogP contribution in [-0.2, 0) is 0 Å². The van der Waals surface area contributed by atoms with Crippen LogP contribution in [0.1, 0.15) is 32.0 Å². The second-order valence-electron chi connectivity index (χ2n) is 3.64. The molecule has 80 valence electrons. The molecule has 0 aromatic carbocycles. The van der Waals surface area contributed by atoms with Gasteiger partial charge in [-0.1, -0.05) is 13.8 Å². The van der Waals surface area contributed by atoms with Gasteiger partial charge in [-0.25, -0.2) is 0 Å². The molecule has 4 heteroatoms. The first-order valence-electron chi connectivity index (χ1n) is 4.46. The van der Waals surface area contributed by atoms with Crippen LogP contribution in [0, 0.1) is 5.92 Å². The summed E-state index contributed by atoms with van der Waals surface area (Å²) in [4.78, 5) is 4.26. The third-order valence-electron chi connectivity index (χ3n) is 1.86. The smallest absolute Gasteiger partial charge is 0.0571 e. The summed E-state index contributed by atoms with van der Waals surface area (Å²) in [6.07, 6.45) is 2.77. The monoisotopic (exact) mass is 278 g/mol. The second-order valence-corrected chi connectivity index (χ2v) is 4.55. The maximum atomic E-state index is 5.97. The lowest BCUT2D eigenvalue weighted by molar-refractivity contribution is 0.502. The molecule has 0 spiro atoms. The molecular formula is C10H16BrClN2. The summed E-state index contributed by atoms with van der Waals surface area (Å²) < 4.78 is 0.994. The maximum absolute atomic E-state index is 5.97. The Morgan fingerprint density at radius 3 is 2.50 bits per heavy atom. The molecule has 1 rings (SSSR count). The first-order chi connectivity index (χ1) is 6.09. The fourth-order valence-electron chi connectivity index (χ4n) is 1.24. The van der Waals surface area contributed by atoms with Crippen molar-refractivity contribution < 1.29 is 0 Å². The van der Waals surface area contributed by atoms with E-state index >= 15 is 0 Å². The van der Waals surface area contributed by atoms with Crippen molar-refractivity contribution >= 4 is 28.3 Å². The van der Waals surface area contributed by atoms with Gasteiger partial charge in [-0.15, -0.1) is 12.4 Å². The Morgan fingerprint density at radius 2 is 2.07 bits per heavy atom. The molecule has 0 aliphatic heterocycles. The predicted octanol–water partition coefficient (Wildman–Crippen LogP) is 3.31. The lowest BCUT2D eigenvalue weighted by Gasteiger charge is -2.12. The van der Waals surface area contributed by atoms with Crippen LogP contribution in [0.5, 0.6) is 0 Å². The Hall–Kier alpha value is -0.120. The van der Waals surface area contributed by atoms with Crippen molar-refractivity contribution in [2.45, 2.75) is 26.3 Å². The predicted molar refractivity (Wildman–Crippen MR) is 65.6 cm³/mol. The Morgan fingerprint density at radius 1 is 1.43 bits per heavy atom. The first-order valence-corrected chi connectivity index (χ1v) is 5.26. The lowest BCUT2D eigenvalue weighted by Crippen LogP contribution is -2.14. The van der Waals surface area contributed by atoms with Gasteiger partial charge in [-0.05, 0) is 40.4 Å². The third-order valence-corrected chi connectivity index (χ3v) is 2.32. The summed E-state index contributed by atoms with van der Waals surface area (Å²) in [6.45, 7) is 4.33. The zero-order valence-corrected chi connectivity index (χ0v) is 10.8. The number of nitrogens with two attached hydrogens (primary N) is 1. The summed E-state index contributed by atoms with van der Waals surface area (Å²) in [5.41, 5.74) is 6.94. The third kappa shape index (κ3) is 4.40. The Kier molecular flexibility index (Phi) is 6.33. The van der Waals surface area contributed by atoms with Crippen molar-refractivity contribution in [3.05, 3.63) is 28.5 Å². The molecule has 0 aliphatic rings. The Balaban J connectivity index is 0.00000169.